The molecule has 0 aliphatic carbocycles. The monoisotopic (exact) mass is 1120 g/mol. The Kier molecular flexibility index (Phi) is 11.5. The first kappa shape index (κ1) is 48.6. The molecule has 0 aliphatic rings. The predicted molar refractivity (Wildman–Crippen MR) is 365 cm³/mol. The van der Waals surface area contributed by atoms with E-state index in [-0.39, 0.29) is 0 Å². The fourth-order valence-electron chi connectivity index (χ4n) is 12.8. The standard InChI is InChI=1S/C78H49N3S3/c1-4-16-50(17-5-1)52-28-33-57(34-29-52)79(59-37-42-75-68(48-59)64-23-11-13-25-72(64)82-75)61-44-55(54-32-39-67-71(46-54)81(56-20-8-3-9-21-56)70-41-40-66-63-22-10-15-27-74(63)84-78(66)77(67)70)45-62(47-61)80(58-35-30-53(31-36-58)51-18-6-2-7-19-51)60-38-43-76-69(49-60)65-24-12-14-26-73(65)83-76/h1-49H. The van der Waals surface area contributed by atoms with Crippen molar-refractivity contribution in [2.24, 2.45) is 0 Å². The smallest absolute Gasteiger partial charge is 0.0555 e. The molecule has 0 fully saturated rings. The summed E-state index contributed by atoms with van der Waals surface area (Å²) in [6.45, 7) is 0. The van der Waals surface area contributed by atoms with Crippen LogP contribution in [0.2, 0.25) is 0 Å². The van der Waals surface area contributed by atoms with Crippen LogP contribution in [0, 0.1) is 0 Å². The van der Waals surface area contributed by atoms with Gasteiger partial charge >= 0.3 is 0 Å². The summed E-state index contributed by atoms with van der Waals surface area (Å²) in [7, 11) is 0. The van der Waals surface area contributed by atoms with Gasteiger partial charge in [-0.25, -0.2) is 0 Å². The SMILES string of the molecule is c1ccc(-c2ccc(N(c3cc(-c4ccc5c6c7sc8ccccc8c7ccc6n(-c6ccccc6)c5c4)cc(N(c4ccc(-c5ccccc5)cc4)c4ccc5sc6ccccc6c5c4)c3)c3ccc4sc5ccccc5c4c3)cc2)cc1. The summed E-state index contributed by atoms with van der Waals surface area (Å²) in [6.07, 6.45) is 0. The summed E-state index contributed by atoms with van der Waals surface area (Å²) < 4.78 is 10.2. The topological polar surface area (TPSA) is 11.4 Å². The van der Waals surface area contributed by atoms with Crippen LogP contribution in [-0.2, 0) is 0 Å². The molecule has 0 amide bonds. The number of thiophene rings is 3. The summed E-state index contributed by atoms with van der Waals surface area (Å²) in [5, 5.41) is 10.2. The second kappa shape index (κ2) is 19.8. The van der Waals surface area contributed by atoms with Crippen LogP contribution in [0.4, 0.5) is 34.1 Å². The highest BCUT2D eigenvalue weighted by Crippen LogP contribution is 2.49. The Morgan fingerprint density at radius 2 is 0.643 bits per heavy atom. The fraction of sp³-hybridized carbons (Fsp3) is 0. The molecule has 0 atom stereocenters. The molecule has 0 aliphatic heterocycles. The Bertz CT molecular complexity index is 5150. The van der Waals surface area contributed by atoms with Gasteiger partial charge in [-0.2, -0.15) is 0 Å². The fourth-order valence-corrected chi connectivity index (χ4v) is 16.2. The summed E-state index contributed by atoms with van der Waals surface area (Å²) in [4.78, 5) is 4.94. The first-order valence-electron chi connectivity index (χ1n) is 28.5. The highest BCUT2D eigenvalue weighted by Gasteiger charge is 2.24. The van der Waals surface area contributed by atoms with E-state index in [0.717, 1.165) is 56.5 Å². The van der Waals surface area contributed by atoms with Crippen molar-refractivity contribution in [2.75, 3.05) is 9.80 Å². The molecular formula is C78H49N3S3. The van der Waals surface area contributed by atoms with E-state index in [0.29, 0.717) is 0 Å². The van der Waals surface area contributed by atoms with Gasteiger partial charge in [-0.1, -0.05) is 176 Å². The third kappa shape index (κ3) is 8.13. The number of anilines is 6. The highest BCUT2D eigenvalue weighted by molar-refractivity contribution is 7.27. The van der Waals surface area contributed by atoms with Crippen LogP contribution in [0.25, 0.3) is 121 Å². The van der Waals surface area contributed by atoms with Gasteiger partial charge in [-0.15, -0.1) is 34.0 Å². The Morgan fingerprint density at radius 1 is 0.226 bits per heavy atom. The molecule has 84 heavy (non-hydrogen) atoms. The molecule has 17 aromatic rings. The van der Waals surface area contributed by atoms with Crippen LogP contribution in [0.5, 0.6) is 0 Å². The van der Waals surface area contributed by atoms with Crippen molar-refractivity contribution in [3.63, 3.8) is 0 Å². The molecule has 0 saturated carbocycles. The Morgan fingerprint density at radius 3 is 1.18 bits per heavy atom. The zero-order valence-electron chi connectivity index (χ0n) is 45.4. The normalized spacial score (nSPS) is 11.8. The third-order valence-electron chi connectivity index (χ3n) is 16.7. The lowest BCUT2D eigenvalue weighted by Crippen LogP contribution is -2.13. The van der Waals surface area contributed by atoms with E-state index in [2.05, 4.69) is 312 Å². The van der Waals surface area contributed by atoms with Crippen LogP contribution < -0.4 is 9.80 Å². The minimum absolute atomic E-state index is 1.04. The lowest BCUT2D eigenvalue weighted by molar-refractivity contribution is 1.18. The van der Waals surface area contributed by atoms with Gasteiger partial charge in [-0.05, 0) is 155 Å². The lowest BCUT2D eigenvalue weighted by Gasteiger charge is -2.30. The van der Waals surface area contributed by atoms with Crippen molar-refractivity contribution in [1.29, 1.82) is 0 Å². The summed E-state index contributed by atoms with van der Waals surface area (Å²) in [5.74, 6) is 0. The van der Waals surface area contributed by atoms with Crippen LogP contribution in [0.1, 0.15) is 0 Å². The molecular weight excluding hydrogens is 1080 g/mol. The Hall–Kier alpha value is -10.1. The van der Waals surface area contributed by atoms with Crippen molar-refractivity contribution in [2.45, 2.75) is 0 Å². The average Bonchev–Trinajstić information content (AvgIpc) is 2.93. The minimum atomic E-state index is 1.04. The second-order valence-electron chi connectivity index (χ2n) is 21.6. The van der Waals surface area contributed by atoms with Gasteiger partial charge < -0.3 is 14.4 Å². The van der Waals surface area contributed by atoms with E-state index in [1.54, 1.807) is 0 Å². The van der Waals surface area contributed by atoms with Crippen LogP contribution in [0.3, 0.4) is 0 Å². The van der Waals surface area contributed by atoms with E-state index in [4.69, 9.17) is 0 Å². The Balaban J connectivity index is 0.943. The quantitative estimate of drug-likeness (QED) is 0.135. The van der Waals surface area contributed by atoms with E-state index in [1.165, 1.54) is 99.1 Å². The number of nitrogens with zero attached hydrogens (tertiary/aromatic N) is 3. The number of benzene rings is 13. The van der Waals surface area contributed by atoms with Gasteiger partial charge in [0.05, 0.1) is 11.0 Å². The van der Waals surface area contributed by atoms with Crippen LogP contribution in [0.15, 0.2) is 297 Å². The molecule has 0 unspecified atom stereocenters. The molecule has 0 spiro atoms. The van der Waals surface area contributed by atoms with Crippen molar-refractivity contribution in [3.8, 4) is 39.1 Å². The van der Waals surface area contributed by atoms with Crippen molar-refractivity contribution in [1.82, 2.24) is 4.57 Å². The van der Waals surface area contributed by atoms with Crippen LogP contribution in [-0.4, -0.2) is 4.57 Å². The molecule has 0 radical (unpaired) electrons. The molecule has 4 aromatic heterocycles. The number of para-hydroxylation sites is 1. The lowest BCUT2D eigenvalue weighted by atomic mass is 9.99. The van der Waals surface area contributed by atoms with E-state index in [1.807, 2.05) is 34.0 Å². The number of aromatic nitrogens is 1. The predicted octanol–water partition coefficient (Wildman–Crippen LogP) is 23.8. The Labute approximate surface area is 497 Å². The summed E-state index contributed by atoms with van der Waals surface area (Å²) in [5.41, 5.74) is 16.8. The first-order valence-corrected chi connectivity index (χ1v) is 30.9. The molecule has 6 heteroatoms. The van der Waals surface area contributed by atoms with Gasteiger partial charge in [0, 0.05) is 111 Å². The van der Waals surface area contributed by atoms with Crippen molar-refractivity contribution >= 4 is 150 Å². The van der Waals surface area contributed by atoms with Gasteiger partial charge in [-0.3, -0.25) is 0 Å². The average molecular weight is 1120 g/mol. The van der Waals surface area contributed by atoms with Crippen molar-refractivity contribution in [3.05, 3.63) is 297 Å². The first-order chi connectivity index (χ1) is 41.6. The number of hydrogen-bond acceptors (Lipinski definition) is 5. The maximum atomic E-state index is 2.48. The van der Waals surface area contributed by atoms with Crippen LogP contribution >= 0.6 is 34.0 Å². The minimum Gasteiger partial charge on any atom is -0.310 e. The molecule has 0 N–H and O–H groups in total. The maximum absolute atomic E-state index is 2.48. The number of hydrogen-bond donors (Lipinski definition) is 0. The largest absolute Gasteiger partial charge is 0.310 e. The zero-order valence-corrected chi connectivity index (χ0v) is 47.8. The van der Waals surface area contributed by atoms with Crippen molar-refractivity contribution < 1.29 is 0 Å². The zero-order chi connectivity index (χ0) is 55.2. The molecule has 0 saturated heterocycles. The maximum Gasteiger partial charge on any atom is 0.0555 e. The molecule has 394 valence electrons. The number of rotatable bonds is 10. The third-order valence-corrected chi connectivity index (χ3v) is 20.3. The van der Waals surface area contributed by atoms with Gasteiger partial charge in [0.25, 0.3) is 0 Å². The van der Waals surface area contributed by atoms with E-state index in [9.17, 15) is 0 Å². The van der Waals surface area contributed by atoms with Gasteiger partial charge in [0.1, 0.15) is 0 Å². The number of fused-ring (bicyclic) bond motifs is 13. The van der Waals surface area contributed by atoms with E-state index < -0.39 is 0 Å². The van der Waals surface area contributed by atoms with Gasteiger partial charge in [0.2, 0.25) is 0 Å². The summed E-state index contributed by atoms with van der Waals surface area (Å²) in [6, 6.07) is 110. The second-order valence-corrected chi connectivity index (χ2v) is 24.8. The summed E-state index contributed by atoms with van der Waals surface area (Å²) >= 11 is 5.60. The molecule has 3 nitrogen and oxygen atoms in total. The highest BCUT2D eigenvalue weighted by atomic mass is 32.1. The molecule has 17 rings (SSSR count). The molecule has 13 aromatic carbocycles. The van der Waals surface area contributed by atoms with E-state index >= 15 is 0 Å². The van der Waals surface area contributed by atoms with Gasteiger partial charge in [0.15, 0.2) is 0 Å². The molecule has 4 heterocycles. The molecule has 0 bridgehead atoms.